The first-order valence-electron chi connectivity index (χ1n) is 7.61. The summed E-state index contributed by atoms with van der Waals surface area (Å²) in [6.07, 6.45) is 0.387. The summed E-state index contributed by atoms with van der Waals surface area (Å²) in [6, 6.07) is 12.7. The minimum absolute atomic E-state index is 0.188. The van der Waals surface area contributed by atoms with Crippen LogP contribution in [-0.4, -0.2) is 16.8 Å². The first-order valence-corrected chi connectivity index (χ1v) is 8.40. The molecule has 24 heavy (non-hydrogen) atoms. The molecule has 1 N–H and O–H groups in total. The molecule has 1 fully saturated rings. The van der Waals surface area contributed by atoms with Crippen LogP contribution >= 0.6 is 15.9 Å². The largest absolute Gasteiger partial charge is 0.325 e. The Bertz CT molecular complexity index is 794. The van der Waals surface area contributed by atoms with E-state index in [2.05, 4.69) is 21.2 Å². The Kier molecular flexibility index (Phi) is 4.41. The average molecular weight is 391 g/mol. The maximum atomic E-state index is 13.2. The van der Waals surface area contributed by atoms with Crippen LogP contribution in [0, 0.1) is 5.82 Å². The molecular formula is C18H16BrFN2O2. The van der Waals surface area contributed by atoms with E-state index in [1.165, 1.54) is 17.0 Å². The zero-order valence-corrected chi connectivity index (χ0v) is 14.6. The van der Waals surface area contributed by atoms with E-state index in [1.54, 1.807) is 12.1 Å². The number of halogens is 2. The molecule has 6 heteroatoms. The second-order valence-electron chi connectivity index (χ2n) is 5.72. The van der Waals surface area contributed by atoms with Gasteiger partial charge in [-0.2, -0.15) is 0 Å². The molecule has 1 saturated heterocycles. The molecule has 0 aliphatic carbocycles. The standard InChI is InChI=1S/C18H16BrFN2O2/c1-2-18(13-6-8-15(20)9-7-13)16(23)22(17(24)21-18)11-12-4-3-5-14(19)10-12/h3-10H,2,11H2,1H3,(H,21,24)/t18-/m0/s1. The smallest absolute Gasteiger partial charge is 0.319 e. The highest BCUT2D eigenvalue weighted by Crippen LogP contribution is 2.33. The Hall–Kier alpha value is -2.21. The first-order chi connectivity index (χ1) is 11.5. The number of carbonyl (C=O) groups excluding carboxylic acids is 2. The number of nitrogens with one attached hydrogen (secondary N) is 1. The zero-order chi connectivity index (χ0) is 17.3. The Balaban J connectivity index is 1.93. The van der Waals surface area contributed by atoms with Gasteiger partial charge in [0.1, 0.15) is 11.4 Å². The Morgan fingerprint density at radius 1 is 1.17 bits per heavy atom. The summed E-state index contributed by atoms with van der Waals surface area (Å²) < 4.78 is 14.1. The highest BCUT2D eigenvalue weighted by molar-refractivity contribution is 9.10. The lowest BCUT2D eigenvalue weighted by Crippen LogP contribution is -2.43. The molecule has 3 amide bonds. The molecule has 0 unspecified atom stereocenters. The topological polar surface area (TPSA) is 49.4 Å². The maximum Gasteiger partial charge on any atom is 0.325 e. The van der Waals surface area contributed by atoms with Crippen molar-refractivity contribution >= 4 is 27.9 Å². The fourth-order valence-electron chi connectivity index (χ4n) is 2.96. The van der Waals surface area contributed by atoms with Crippen molar-refractivity contribution in [3.63, 3.8) is 0 Å². The number of nitrogens with zero attached hydrogens (tertiary/aromatic N) is 1. The van der Waals surface area contributed by atoms with Gasteiger partial charge in [-0.1, -0.05) is 47.1 Å². The lowest BCUT2D eigenvalue weighted by Gasteiger charge is -2.25. The second-order valence-corrected chi connectivity index (χ2v) is 6.63. The van der Waals surface area contributed by atoms with Crippen LogP contribution in [0.3, 0.4) is 0 Å². The number of benzene rings is 2. The number of hydrogen-bond acceptors (Lipinski definition) is 2. The highest BCUT2D eigenvalue weighted by atomic mass is 79.9. The van der Waals surface area contributed by atoms with Gasteiger partial charge in [0.15, 0.2) is 0 Å². The predicted molar refractivity (Wildman–Crippen MR) is 91.6 cm³/mol. The SMILES string of the molecule is CC[C@@]1(c2ccc(F)cc2)NC(=O)N(Cc2cccc(Br)c2)C1=O. The Morgan fingerprint density at radius 2 is 1.88 bits per heavy atom. The molecule has 1 aliphatic heterocycles. The van der Waals surface area contributed by atoms with E-state index < -0.39 is 11.6 Å². The second kappa shape index (κ2) is 6.36. The van der Waals surface area contributed by atoms with Gasteiger partial charge in [0, 0.05) is 4.47 Å². The van der Waals surface area contributed by atoms with Crippen LogP contribution in [0.2, 0.25) is 0 Å². The van der Waals surface area contributed by atoms with E-state index in [9.17, 15) is 14.0 Å². The summed E-state index contributed by atoms with van der Waals surface area (Å²) in [6.45, 7) is 2.01. The van der Waals surface area contributed by atoms with Crippen LogP contribution in [0.1, 0.15) is 24.5 Å². The molecule has 4 nitrogen and oxygen atoms in total. The van der Waals surface area contributed by atoms with Gasteiger partial charge < -0.3 is 5.32 Å². The molecule has 1 aliphatic rings. The van der Waals surface area contributed by atoms with Crippen molar-refractivity contribution in [3.8, 4) is 0 Å². The van der Waals surface area contributed by atoms with Crippen molar-refractivity contribution in [2.24, 2.45) is 0 Å². The van der Waals surface area contributed by atoms with E-state index in [4.69, 9.17) is 0 Å². The van der Waals surface area contributed by atoms with E-state index in [1.807, 2.05) is 31.2 Å². The molecule has 2 aromatic carbocycles. The lowest BCUT2D eigenvalue weighted by molar-refractivity contribution is -0.132. The predicted octanol–water partition coefficient (Wildman–Crippen LogP) is 3.95. The lowest BCUT2D eigenvalue weighted by atomic mass is 9.87. The summed E-state index contributed by atoms with van der Waals surface area (Å²) in [5.41, 5.74) is 0.289. The molecule has 0 radical (unpaired) electrons. The van der Waals surface area contributed by atoms with Gasteiger partial charge in [0.25, 0.3) is 5.91 Å². The van der Waals surface area contributed by atoms with Gasteiger partial charge in [-0.15, -0.1) is 0 Å². The van der Waals surface area contributed by atoms with Crippen molar-refractivity contribution in [1.29, 1.82) is 0 Å². The van der Waals surface area contributed by atoms with Gasteiger partial charge in [-0.25, -0.2) is 9.18 Å². The van der Waals surface area contributed by atoms with Crippen LogP contribution in [0.4, 0.5) is 9.18 Å². The monoisotopic (exact) mass is 390 g/mol. The van der Waals surface area contributed by atoms with Crippen LogP contribution in [-0.2, 0) is 16.9 Å². The normalized spacial score (nSPS) is 20.4. The number of carbonyl (C=O) groups is 2. The van der Waals surface area contributed by atoms with Gasteiger partial charge in [0.05, 0.1) is 6.54 Å². The minimum Gasteiger partial charge on any atom is -0.319 e. The number of urea groups is 1. The first kappa shape index (κ1) is 16.6. The van der Waals surface area contributed by atoms with Gasteiger partial charge in [0.2, 0.25) is 0 Å². The van der Waals surface area contributed by atoms with Crippen LogP contribution in [0.5, 0.6) is 0 Å². The summed E-state index contributed by atoms with van der Waals surface area (Å²) >= 11 is 3.38. The summed E-state index contributed by atoms with van der Waals surface area (Å²) in [7, 11) is 0. The maximum absolute atomic E-state index is 13.2. The molecule has 0 saturated carbocycles. The number of imide groups is 1. The third kappa shape index (κ3) is 2.82. The van der Waals surface area contributed by atoms with Crippen LogP contribution < -0.4 is 5.32 Å². The van der Waals surface area contributed by atoms with Gasteiger partial charge in [-0.3, -0.25) is 9.69 Å². The quantitative estimate of drug-likeness (QED) is 0.803. The molecular weight excluding hydrogens is 375 g/mol. The molecule has 2 aromatic rings. The van der Waals surface area contributed by atoms with Crippen LogP contribution in [0.15, 0.2) is 53.0 Å². The van der Waals surface area contributed by atoms with Crippen molar-refractivity contribution in [2.45, 2.75) is 25.4 Å². The fraction of sp³-hybridized carbons (Fsp3) is 0.222. The third-order valence-corrected chi connectivity index (χ3v) is 4.77. The van der Waals surface area contributed by atoms with Crippen LogP contribution in [0.25, 0.3) is 0 Å². The fourth-order valence-corrected chi connectivity index (χ4v) is 3.41. The molecule has 0 bridgehead atoms. The molecule has 0 aromatic heterocycles. The van der Waals surface area contributed by atoms with E-state index in [0.717, 1.165) is 10.0 Å². The summed E-state index contributed by atoms with van der Waals surface area (Å²) in [4.78, 5) is 26.6. The molecule has 1 atom stereocenters. The molecule has 124 valence electrons. The highest BCUT2D eigenvalue weighted by Gasteiger charge is 2.51. The van der Waals surface area contributed by atoms with E-state index in [0.29, 0.717) is 12.0 Å². The summed E-state index contributed by atoms with van der Waals surface area (Å²) in [5, 5.41) is 2.79. The minimum atomic E-state index is -1.14. The number of hydrogen-bond donors (Lipinski definition) is 1. The van der Waals surface area contributed by atoms with E-state index >= 15 is 0 Å². The van der Waals surface area contributed by atoms with Crippen molar-refractivity contribution in [2.75, 3.05) is 0 Å². The third-order valence-electron chi connectivity index (χ3n) is 4.27. The van der Waals surface area contributed by atoms with Gasteiger partial charge in [-0.05, 0) is 41.8 Å². The van der Waals surface area contributed by atoms with E-state index in [-0.39, 0.29) is 18.3 Å². The molecule has 3 rings (SSSR count). The van der Waals surface area contributed by atoms with Crippen molar-refractivity contribution in [1.82, 2.24) is 10.2 Å². The zero-order valence-electron chi connectivity index (χ0n) is 13.1. The van der Waals surface area contributed by atoms with Crippen molar-refractivity contribution < 1.29 is 14.0 Å². The number of amides is 3. The molecule has 1 heterocycles. The summed E-state index contributed by atoms with van der Waals surface area (Å²) in [5.74, 6) is -0.700. The average Bonchev–Trinajstić information content (AvgIpc) is 2.81. The number of rotatable bonds is 4. The van der Waals surface area contributed by atoms with Gasteiger partial charge >= 0.3 is 6.03 Å². The molecule has 0 spiro atoms. The van der Waals surface area contributed by atoms with Crippen molar-refractivity contribution in [3.05, 3.63) is 69.9 Å². The Morgan fingerprint density at radius 3 is 2.50 bits per heavy atom. The Labute approximate surface area is 147 Å².